The summed E-state index contributed by atoms with van der Waals surface area (Å²) < 4.78 is 10.4. The van der Waals surface area contributed by atoms with E-state index < -0.39 is 0 Å². The quantitative estimate of drug-likeness (QED) is 0.835. The van der Waals surface area contributed by atoms with E-state index in [4.69, 9.17) is 9.47 Å². The van der Waals surface area contributed by atoms with E-state index >= 15 is 0 Å². The molecule has 6 nitrogen and oxygen atoms in total. The Morgan fingerprint density at radius 2 is 1.74 bits per heavy atom. The van der Waals surface area contributed by atoms with Gasteiger partial charge in [-0.25, -0.2) is 0 Å². The van der Waals surface area contributed by atoms with Crippen LogP contribution < -0.4 is 14.8 Å². The molecule has 0 spiro atoms. The molecule has 1 N–H and O–H groups in total. The molecule has 1 aromatic carbocycles. The van der Waals surface area contributed by atoms with Gasteiger partial charge in [0.05, 0.1) is 14.2 Å². The number of aromatic nitrogens is 2. The summed E-state index contributed by atoms with van der Waals surface area (Å²) in [5, 5.41) is 12.5. The van der Waals surface area contributed by atoms with Crippen LogP contribution in [0.15, 0.2) is 18.2 Å². The zero-order chi connectivity index (χ0) is 16.8. The highest BCUT2D eigenvalue weighted by atomic mass is 32.1. The maximum atomic E-state index is 12.4. The van der Waals surface area contributed by atoms with Crippen LogP contribution in [0, 0.1) is 0 Å². The maximum Gasteiger partial charge on any atom is 0.257 e. The van der Waals surface area contributed by atoms with Gasteiger partial charge in [-0.1, -0.05) is 25.2 Å². The van der Waals surface area contributed by atoms with Gasteiger partial charge in [0.15, 0.2) is 0 Å². The van der Waals surface area contributed by atoms with Gasteiger partial charge in [-0.15, -0.1) is 10.2 Å². The van der Waals surface area contributed by atoms with Crippen molar-refractivity contribution < 1.29 is 14.3 Å². The Balaban J connectivity index is 2.16. The van der Waals surface area contributed by atoms with Gasteiger partial charge < -0.3 is 9.47 Å². The van der Waals surface area contributed by atoms with Gasteiger partial charge in [0.25, 0.3) is 5.91 Å². The van der Waals surface area contributed by atoms with Crippen molar-refractivity contribution >= 4 is 22.4 Å². The molecular formula is C16H21N3O3S. The number of hydrogen-bond donors (Lipinski definition) is 1. The molecule has 0 aliphatic heterocycles. The van der Waals surface area contributed by atoms with Crippen LogP contribution in [-0.4, -0.2) is 30.3 Å². The Labute approximate surface area is 139 Å². The molecule has 2 rings (SSSR count). The average molecular weight is 335 g/mol. The van der Waals surface area contributed by atoms with Crippen LogP contribution in [-0.2, 0) is 0 Å². The summed E-state index contributed by atoms with van der Waals surface area (Å²) in [5.41, 5.74) is 0.445. The Hall–Kier alpha value is -2.15. The molecule has 0 radical (unpaired) electrons. The molecule has 0 unspecified atom stereocenters. The number of benzene rings is 1. The fraction of sp³-hybridized carbons (Fsp3) is 0.438. The molecule has 1 amide bonds. The van der Waals surface area contributed by atoms with Crippen LogP contribution in [0.2, 0.25) is 0 Å². The molecule has 0 aliphatic rings. The van der Waals surface area contributed by atoms with Gasteiger partial charge in [0.2, 0.25) is 5.13 Å². The molecule has 1 heterocycles. The van der Waals surface area contributed by atoms with Crippen LogP contribution in [0.3, 0.4) is 0 Å². The second-order valence-corrected chi connectivity index (χ2v) is 6.02. The summed E-state index contributed by atoms with van der Waals surface area (Å²) in [6.45, 7) is 4.24. The topological polar surface area (TPSA) is 73.3 Å². The van der Waals surface area contributed by atoms with Crippen molar-refractivity contribution in [2.75, 3.05) is 19.5 Å². The number of anilines is 1. The Morgan fingerprint density at radius 1 is 1.13 bits per heavy atom. The Kier molecular flexibility index (Phi) is 5.92. The summed E-state index contributed by atoms with van der Waals surface area (Å²) in [7, 11) is 3.09. The molecule has 0 aliphatic carbocycles. The predicted molar refractivity (Wildman–Crippen MR) is 90.7 cm³/mol. The maximum absolute atomic E-state index is 12.4. The third kappa shape index (κ3) is 4.19. The van der Waals surface area contributed by atoms with Crippen molar-refractivity contribution in [1.29, 1.82) is 0 Å². The van der Waals surface area contributed by atoms with E-state index in [1.54, 1.807) is 32.4 Å². The molecule has 0 bridgehead atoms. The van der Waals surface area contributed by atoms with Crippen molar-refractivity contribution in [3.8, 4) is 11.5 Å². The Morgan fingerprint density at radius 3 is 2.26 bits per heavy atom. The van der Waals surface area contributed by atoms with Crippen LogP contribution in [0.25, 0.3) is 0 Å². The summed E-state index contributed by atoms with van der Waals surface area (Å²) in [6, 6.07) is 5.02. The lowest BCUT2D eigenvalue weighted by molar-refractivity contribution is 0.102. The fourth-order valence-corrected chi connectivity index (χ4v) is 3.20. The summed E-state index contributed by atoms with van der Waals surface area (Å²) in [6.07, 6.45) is 2.01. The van der Waals surface area contributed by atoms with Gasteiger partial charge in [0.1, 0.15) is 16.5 Å². The van der Waals surface area contributed by atoms with Gasteiger partial charge >= 0.3 is 0 Å². The van der Waals surface area contributed by atoms with Crippen molar-refractivity contribution in [1.82, 2.24) is 10.2 Å². The molecule has 0 fully saturated rings. The lowest BCUT2D eigenvalue weighted by atomic mass is 10.1. The first kappa shape index (κ1) is 17.2. The molecule has 124 valence electrons. The van der Waals surface area contributed by atoms with Crippen LogP contribution in [0.1, 0.15) is 48.0 Å². The van der Waals surface area contributed by atoms with E-state index in [1.807, 2.05) is 0 Å². The molecule has 2 aromatic rings. The lowest BCUT2D eigenvalue weighted by Gasteiger charge is -2.08. The summed E-state index contributed by atoms with van der Waals surface area (Å²) >= 11 is 1.42. The van der Waals surface area contributed by atoms with E-state index in [-0.39, 0.29) is 5.91 Å². The molecule has 1 aromatic heterocycles. The van der Waals surface area contributed by atoms with Gasteiger partial charge in [-0.05, 0) is 25.0 Å². The van der Waals surface area contributed by atoms with E-state index in [9.17, 15) is 4.79 Å². The van der Waals surface area contributed by atoms with E-state index in [0.29, 0.717) is 28.1 Å². The SMILES string of the molecule is CCC(CC)c1nnc(NC(=O)c2cc(OC)cc(OC)c2)s1. The van der Waals surface area contributed by atoms with Crippen molar-refractivity contribution in [2.45, 2.75) is 32.6 Å². The number of amides is 1. The third-order valence-corrected chi connectivity index (χ3v) is 4.61. The van der Waals surface area contributed by atoms with Crippen LogP contribution in [0.4, 0.5) is 5.13 Å². The molecule has 23 heavy (non-hydrogen) atoms. The summed E-state index contributed by atoms with van der Waals surface area (Å²) in [5.74, 6) is 1.23. The minimum absolute atomic E-state index is 0.269. The fourth-order valence-electron chi connectivity index (χ4n) is 2.20. The normalized spacial score (nSPS) is 10.7. The monoisotopic (exact) mass is 335 g/mol. The standard InChI is InChI=1S/C16H21N3O3S/c1-5-10(6-2)15-18-19-16(23-15)17-14(20)11-7-12(21-3)9-13(8-11)22-4/h7-10H,5-6H2,1-4H3,(H,17,19,20). The predicted octanol–water partition coefficient (Wildman–Crippen LogP) is 3.71. The number of carbonyl (C=O) groups excluding carboxylic acids is 1. The smallest absolute Gasteiger partial charge is 0.257 e. The van der Waals surface area contributed by atoms with Gasteiger partial charge in [-0.2, -0.15) is 0 Å². The summed E-state index contributed by atoms with van der Waals surface area (Å²) in [4.78, 5) is 12.4. The largest absolute Gasteiger partial charge is 0.497 e. The highest BCUT2D eigenvalue weighted by Gasteiger charge is 2.16. The molecular weight excluding hydrogens is 314 g/mol. The second kappa shape index (κ2) is 7.92. The number of nitrogens with one attached hydrogen (secondary N) is 1. The zero-order valence-electron chi connectivity index (χ0n) is 13.8. The highest BCUT2D eigenvalue weighted by Crippen LogP contribution is 2.29. The third-order valence-electron chi connectivity index (χ3n) is 3.61. The lowest BCUT2D eigenvalue weighted by Crippen LogP contribution is -2.12. The van der Waals surface area contributed by atoms with E-state index in [0.717, 1.165) is 17.8 Å². The average Bonchev–Trinajstić information content (AvgIpc) is 3.03. The first-order chi connectivity index (χ1) is 11.1. The van der Waals surface area contributed by atoms with Crippen molar-refractivity contribution in [3.05, 3.63) is 28.8 Å². The van der Waals surface area contributed by atoms with E-state index in [2.05, 4.69) is 29.4 Å². The zero-order valence-corrected chi connectivity index (χ0v) is 14.6. The minimum atomic E-state index is -0.269. The molecule has 0 saturated carbocycles. The van der Waals surface area contributed by atoms with E-state index in [1.165, 1.54) is 11.3 Å². The second-order valence-electron chi connectivity index (χ2n) is 5.01. The number of methoxy groups -OCH3 is 2. The first-order valence-corrected chi connectivity index (χ1v) is 8.30. The van der Waals surface area contributed by atoms with Crippen LogP contribution >= 0.6 is 11.3 Å². The van der Waals surface area contributed by atoms with Crippen molar-refractivity contribution in [3.63, 3.8) is 0 Å². The minimum Gasteiger partial charge on any atom is -0.497 e. The van der Waals surface area contributed by atoms with Gasteiger partial charge in [0, 0.05) is 17.5 Å². The molecule has 0 saturated heterocycles. The van der Waals surface area contributed by atoms with Crippen LogP contribution in [0.5, 0.6) is 11.5 Å². The first-order valence-electron chi connectivity index (χ1n) is 7.49. The number of carbonyl (C=O) groups is 1. The highest BCUT2D eigenvalue weighted by molar-refractivity contribution is 7.15. The number of hydrogen-bond acceptors (Lipinski definition) is 6. The Bertz CT molecular complexity index is 646. The molecule has 7 heteroatoms. The number of nitrogens with zero attached hydrogens (tertiary/aromatic N) is 2. The molecule has 0 atom stereocenters. The number of rotatable bonds is 7. The number of ether oxygens (including phenoxy) is 2. The van der Waals surface area contributed by atoms with Crippen molar-refractivity contribution in [2.24, 2.45) is 0 Å². The van der Waals surface area contributed by atoms with Gasteiger partial charge in [-0.3, -0.25) is 10.1 Å².